The van der Waals surface area contributed by atoms with Crippen molar-refractivity contribution >= 4 is 0 Å². The monoisotopic (exact) mass is 254 g/mol. The number of fused-ring (bicyclic) bond motifs is 3. The van der Waals surface area contributed by atoms with Gasteiger partial charge in [-0.2, -0.15) is 0 Å². The molecule has 1 aliphatic carbocycles. The van der Waals surface area contributed by atoms with Crippen molar-refractivity contribution in [2.75, 3.05) is 0 Å². The molecule has 2 aliphatic rings. The fourth-order valence-corrected chi connectivity index (χ4v) is 3.03. The lowest BCUT2D eigenvalue weighted by Gasteiger charge is -2.33. The predicted octanol–water partition coefficient (Wildman–Crippen LogP) is 4.77. The minimum Gasteiger partial charge on any atom is -0.482 e. The molecule has 2 atom stereocenters. The molecule has 0 bridgehead atoms. The number of rotatable bonds is 0. The molecule has 0 fully saturated rings. The van der Waals surface area contributed by atoms with Crippen molar-refractivity contribution < 1.29 is 4.74 Å². The highest BCUT2D eigenvalue weighted by Gasteiger charge is 2.44. The Morgan fingerprint density at radius 2 is 1.95 bits per heavy atom. The number of ether oxygens (including phenoxy) is 1. The first-order chi connectivity index (χ1) is 8.79. The maximum atomic E-state index is 6.28. The van der Waals surface area contributed by atoms with Gasteiger partial charge >= 0.3 is 0 Å². The second kappa shape index (κ2) is 3.75. The maximum Gasteiger partial charge on any atom is 0.135 e. The first kappa shape index (κ1) is 12.5. The molecule has 1 aromatic carbocycles. The summed E-state index contributed by atoms with van der Waals surface area (Å²) in [5.74, 6) is 1.39. The van der Waals surface area contributed by atoms with E-state index < -0.39 is 0 Å². The zero-order valence-electron chi connectivity index (χ0n) is 12.4. The third-order valence-corrected chi connectivity index (χ3v) is 4.23. The molecule has 1 heteroatoms. The van der Waals surface area contributed by atoms with Crippen molar-refractivity contribution in [1.29, 1.82) is 0 Å². The molecule has 1 nitrogen and oxygen atoms in total. The molecule has 1 heterocycles. The molecule has 0 radical (unpaired) electrons. The summed E-state index contributed by atoms with van der Waals surface area (Å²) in [4.78, 5) is 0. The van der Waals surface area contributed by atoms with E-state index in [1.165, 1.54) is 16.7 Å². The molecule has 0 aromatic heterocycles. The molecule has 0 saturated carbocycles. The topological polar surface area (TPSA) is 9.23 Å². The second-order valence-corrected chi connectivity index (χ2v) is 7.01. The van der Waals surface area contributed by atoms with E-state index in [-0.39, 0.29) is 11.0 Å². The van der Waals surface area contributed by atoms with Crippen molar-refractivity contribution in [3.05, 3.63) is 53.1 Å². The van der Waals surface area contributed by atoms with Gasteiger partial charge in [0.2, 0.25) is 0 Å². The van der Waals surface area contributed by atoms with Crippen LogP contribution in [0.25, 0.3) is 0 Å². The van der Waals surface area contributed by atoms with Crippen LogP contribution in [0.3, 0.4) is 0 Å². The van der Waals surface area contributed by atoms with Crippen LogP contribution >= 0.6 is 0 Å². The van der Waals surface area contributed by atoms with Crippen LogP contribution in [0.2, 0.25) is 0 Å². The number of hydrogen-bond donors (Lipinski definition) is 0. The molecule has 0 spiro atoms. The first-order valence-corrected chi connectivity index (χ1v) is 7.01. The molecular formula is C18H22O. The van der Waals surface area contributed by atoms with E-state index in [4.69, 9.17) is 4.74 Å². The Morgan fingerprint density at radius 3 is 2.63 bits per heavy atom. The first-order valence-electron chi connectivity index (χ1n) is 7.01. The van der Waals surface area contributed by atoms with Gasteiger partial charge in [0.05, 0.1) is 0 Å². The van der Waals surface area contributed by atoms with E-state index in [2.05, 4.69) is 71.0 Å². The molecule has 0 amide bonds. The zero-order chi connectivity index (χ0) is 13.8. The van der Waals surface area contributed by atoms with Crippen LogP contribution in [-0.2, 0) is 0 Å². The van der Waals surface area contributed by atoms with Gasteiger partial charge in [-0.3, -0.25) is 0 Å². The lowest BCUT2D eigenvalue weighted by atomic mass is 9.74. The van der Waals surface area contributed by atoms with Crippen LogP contribution in [-0.4, -0.2) is 5.60 Å². The van der Waals surface area contributed by atoms with Gasteiger partial charge < -0.3 is 4.74 Å². The molecule has 1 aliphatic heterocycles. The molecule has 2 unspecified atom stereocenters. The maximum absolute atomic E-state index is 6.28. The van der Waals surface area contributed by atoms with E-state index in [1.54, 1.807) is 0 Å². The quantitative estimate of drug-likeness (QED) is 0.648. The molecule has 100 valence electrons. The van der Waals surface area contributed by atoms with Crippen molar-refractivity contribution in [2.45, 2.75) is 46.1 Å². The summed E-state index contributed by atoms with van der Waals surface area (Å²) in [6.07, 6.45) is 6.89. The van der Waals surface area contributed by atoms with Crippen molar-refractivity contribution in [1.82, 2.24) is 0 Å². The van der Waals surface area contributed by atoms with Gasteiger partial charge in [0, 0.05) is 11.5 Å². The van der Waals surface area contributed by atoms with Crippen LogP contribution in [0.1, 0.15) is 44.7 Å². The number of allylic oxidation sites excluding steroid dienone is 2. The summed E-state index contributed by atoms with van der Waals surface area (Å²) >= 11 is 0. The van der Waals surface area contributed by atoms with Crippen LogP contribution in [0.15, 0.2) is 42.0 Å². The van der Waals surface area contributed by atoms with Crippen LogP contribution in [0.4, 0.5) is 0 Å². The summed E-state index contributed by atoms with van der Waals surface area (Å²) in [7, 11) is 0. The van der Waals surface area contributed by atoms with Crippen LogP contribution in [0, 0.1) is 12.3 Å². The Bertz CT molecular complexity index is 586. The van der Waals surface area contributed by atoms with Crippen LogP contribution < -0.4 is 4.74 Å². The molecule has 0 N–H and O–H groups in total. The van der Waals surface area contributed by atoms with Gasteiger partial charge in [0.1, 0.15) is 11.4 Å². The van der Waals surface area contributed by atoms with E-state index >= 15 is 0 Å². The Balaban J connectivity index is 2.06. The minimum absolute atomic E-state index is 0.165. The molecule has 3 rings (SSSR count). The van der Waals surface area contributed by atoms with E-state index in [1.807, 2.05) is 0 Å². The molecule has 1 aromatic rings. The standard InChI is InChI=1S/C18H22O/c1-12-6-8-14-15-9-7-13(17(2,3)4)11-18(15,5)19-16(14)10-12/h6-11,15H,1-5H3. The minimum atomic E-state index is -0.229. The van der Waals surface area contributed by atoms with Gasteiger partial charge in [-0.15, -0.1) is 0 Å². The van der Waals surface area contributed by atoms with Crippen molar-refractivity contribution in [2.24, 2.45) is 5.41 Å². The molecule has 0 saturated heterocycles. The van der Waals surface area contributed by atoms with Gasteiger partial charge in [0.25, 0.3) is 0 Å². The lowest BCUT2D eigenvalue weighted by Crippen LogP contribution is -2.34. The summed E-state index contributed by atoms with van der Waals surface area (Å²) in [6, 6.07) is 6.53. The highest BCUT2D eigenvalue weighted by molar-refractivity contribution is 5.52. The molecular weight excluding hydrogens is 232 g/mol. The number of benzene rings is 1. The largest absolute Gasteiger partial charge is 0.482 e. The Morgan fingerprint density at radius 1 is 1.21 bits per heavy atom. The zero-order valence-corrected chi connectivity index (χ0v) is 12.4. The normalized spacial score (nSPS) is 28.5. The molecule has 19 heavy (non-hydrogen) atoms. The van der Waals surface area contributed by atoms with E-state index in [0.29, 0.717) is 5.92 Å². The average Bonchev–Trinajstić information content (AvgIpc) is 2.57. The SMILES string of the molecule is Cc1ccc2c(c1)OC1(C)C=C(C(C)(C)C)C=CC21. The van der Waals surface area contributed by atoms with Crippen LogP contribution in [0.5, 0.6) is 5.75 Å². The van der Waals surface area contributed by atoms with E-state index in [0.717, 1.165) is 5.75 Å². The number of aryl methyl sites for hydroxylation is 1. The summed E-state index contributed by atoms with van der Waals surface area (Å²) in [6.45, 7) is 11.1. The second-order valence-electron chi connectivity index (χ2n) is 7.01. The van der Waals surface area contributed by atoms with Gasteiger partial charge in [-0.05, 0) is 42.5 Å². The highest BCUT2D eigenvalue weighted by atomic mass is 16.5. The predicted molar refractivity (Wildman–Crippen MR) is 79.6 cm³/mol. The average molecular weight is 254 g/mol. The third-order valence-electron chi connectivity index (χ3n) is 4.23. The Kier molecular flexibility index (Phi) is 2.47. The third kappa shape index (κ3) is 1.92. The fourth-order valence-electron chi connectivity index (χ4n) is 3.03. The number of hydrogen-bond acceptors (Lipinski definition) is 1. The van der Waals surface area contributed by atoms with Crippen molar-refractivity contribution in [3.63, 3.8) is 0 Å². The Hall–Kier alpha value is -1.50. The lowest BCUT2D eigenvalue weighted by molar-refractivity contribution is 0.152. The van der Waals surface area contributed by atoms with Gasteiger partial charge in [-0.1, -0.05) is 45.1 Å². The van der Waals surface area contributed by atoms with Gasteiger partial charge in [0.15, 0.2) is 0 Å². The van der Waals surface area contributed by atoms with E-state index in [9.17, 15) is 0 Å². The summed E-state index contributed by atoms with van der Waals surface area (Å²) in [5.41, 5.74) is 3.86. The highest BCUT2D eigenvalue weighted by Crippen LogP contribution is 2.50. The fraction of sp³-hybridized carbons (Fsp3) is 0.444. The smallest absolute Gasteiger partial charge is 0.135 e. The summed E-state index contributed by atoms with van der Waals surface area (Å²) in [5, 5.41) is 0. The van der Waals surface area contributed by atoms with Gasteiger partial charge in [-0.25, -0.2) is 0 Å². The summed E-state index contributed by atoms with van der Waals surface area (Å²) < 4.78 is 6.28. The Labute approximate surface area is 116 Å². The van der Waals surface area contributed by atoms with Crippen molar-refractivity contribution in [3.8, 4) is 5.75 Å².